The van der Waals surface area contributed by atoms with Crippen LogP contribution in [-0.2, 0) is 22.3 Å². The summed E-state index contributed by atoms with van der Waals surface area (Å²) >= 11 is 0. The Morgan fingerprint density at radius 1 is 1.45 bits per heavy atom. The second-order valence-corrected chi connectivity index (χ2v) is 8.76. The number of hydrogen-bond acceptors (Lipinski definition) is 6. The summed E-state index contributed by atoms with van der Waals surface area (Å²) < 4.78 is 21.8. The average Bonchev–Trinajstić information content (AvgIpc) is 3.05. The third-order valence-electron chi connectivity index (χ3n) is 5.23. The Bertz CT molecular complexity index is 911. The zero-order valence-electron chi connectivity index (χ0n) is 16.8. The van der Waals surface area contributed by atoms with E-state index in [1.165, 1.54) is 7.11 Å². The van der Waals surface area contributed by atoms with E-state index < -0.39 is 19.2 Å². The lowest BCUT2D eigenvalue weighted by Crippen LogP contribution is -2.05. The maximum atomic E-state index is 12.0. The number of nitrogens with zero attached hydrogens (tertiary/aromatic N) is 1. The number of esters is 1. The molecule has 0 radical (unpaired) electrons. The lowest BCUT2D eigenvalue weighted by Gasteiger charge is -2.16. The van der Waals surface area contributed by atoms with Gasteiger partial charge in [0, 0.05) is 11.1 Å². The van der Waals surface area contributed by atoms with Crippen LogP contribution in [0.25, 0.3) is 0 Å². The van der Waals surface area contributed by atoms with Crippen LogP contribution in [0.5, 0.6) is 11.5 Å². The SMILES string of the molecule is CC/C(=C\Cc1c(O)c2c(c(C)c1OC)COC2=O)CCCC(C#N)P(=O)(O)O. The van der Waals surface area contributed by atoms with Crippen molar-refractivity contribution in [3.63, 3.8) is 0 Å². The highest BCUT2D eigenvalue weighted by molar-refractivity contribution is 7.52. The van der Waals surface area contributed by atoms with Crippen molar-refractivity contribution in [3.05, 3.63) is 33.9 Å². The number of nitriles is 1. The number of hydrogen-bond donors (Lipinski definition) is 3. The van der Waals surface area contributed by atoms with Crippen molar-refractivity contribution in [3.8, 4) is 17.6 Å². The number of phenolic OH excluding ortho intramolecular Hbond substituents is 1. The van der Waals surface area contributed by atoms with Crippen LogP contribution < -0.4 is 4.74 Å². The number of cyclic esters (lactones) is 1. The van der Waals surface area contributed by atoms with Gasteiger partial charge in [-0.1, -0.05) is 18.6 Å². The number of carbonyl (C=O) groups is 1. The minimum Gasteiger partial charge on any atom is -0.507 e. The molecule has 1 aliphatic heterocycles. The highest BCUT2D eigenvalue weighted by Gasteiger charge is 2.32. The molecule has 0 aromatic heterocycles. The first-order chi connectivity index (χ1) is 13.6. The summed E-state index contributed by atoms with van der Waals surface area (Å²) in [7, 11) is -2.91. The fourth-order valence-electron chi connectivity index (χ4n) is 3.53. The van der Waals surface area contributed by atoms with Gasteiger partial charge in [-0.2, -0.15) is 5.26 Å². The van der Waals surface area contributed by atoms with Crippen molar-refractivity contribution in [2.24, 2.45) is 0 Å². The Kier molecular flexibility index (Phi) is 7.48. The maximum Gasteiger partial charge on any atom is 0.342 e. The zero-order chi connectivity index (χ0) is 21.8. The molecule has 0 fully saturated rings. The largest absolute Gasteiger partial charge is 0.507 e. The standard InChI is InChI=1S/C20H26NO7P/c1-4-13(6-5-7-14(10-21)29(24,25)26)8-9-15-18(22)17-16(11-28-20(17)23)12(2)19(15)27-3/h8,14,22H,4-7,9,11H2,1-3H3,(H2,24,25,26)/b13-8+. The van der Waals surface area contributed by atoms with E-state index in [0.29, 0.717) is 42.6 Å². The van der Waals surface area contributed by atoms with Gasteiger partial charge in [0.2, 0.25) is 0 Å². The number of ether oxygens (including phenoxy) is 2. The topological polar surface area (TPSA) is 137 Å². The van der Waals surface area contributed by atoms with Gasteiger partial charge >= 0.3 is 13.6 Å². The molecule has 1 atom stereocenters. The Hall–Kier alpha value is -2.33. The molecule has 1 aromatic carbocycles. The second kappa shape index (κ2) is 9.45. The highest BCUT2D eigenvalue weighted by atomic mass is 31.2. The van der Waals surface area contributed by atoms with E-state index in [0.717, 1.165) is 11.1 Å². The molecule has 0 saturated heterocycles. The van der Waals surface area contributed by atoms with Crippen molar-refractivity contribution in [1.82, 2.24) is 0 Å². The summed E-state index contributed by atoms with van der Waals surface area (Å²) in [6, 6.07) is 1.67. The Balaban J connectivity index is 2.20. The molecule has 0 aliphatic carbocycles. The van der Waals surface area contributed by atoms with Gasteiger partial charge < -0.3 is 24.4 Å². The van der Waals surface area contributed by atoms with Crippen molar-refractivity contribution >= 4 is 13.6 Å². The fourth-order valence-corrected chi connectivity index (χ4v) is 4.20. The van der Waals surface area contributed by atoms with E-state index in [-0.39, 0.29) is 24.3 Å². The van der Waals surface area contributed by atoms with Gasteiger partial charge in [0.15, 0.2) is 0 Å². The molecule has 9 heteroatoms. The van der Waals surface area contributed by atoms with Crippen LogP contribution in [0.15, 0.2) is 11.6 Å². The van der Waals surface area contributed by atoms with Gasteiger partial charge in [-0.3, -0.25) is 4.57 Å². The van der Waals surface area contributed by atoms with E-state index in [4.69, 9.17) is 24.5 Å². The van der Waals surface area contributed by atoms with E-state index in [1.54, 1.807) is 6.07 Å². The van der Waals surface area contributed by atoms with Gasteiger partial charge in [-0.25, -0.2) is 4.79 Å². The van der Waals surface area contributed by atoms with E-state index >= 15 is 0 Å². The Morgan fingerprint density at radius 2 is 2.14 bits per heavy atom. The van der Waals surface area contributed by atoms with Gasteiger partial charge in [0.05, 0.1) is 13.2 Å². The van der Waals surface area contributed by atoms with Crippen LogP contribution in [0.1, 0.15) is 59.7 Å². The van der Waals surface area contributed by atoms with Crippen LogP contribution >= 0.6 is 7.60 Å². The molecule has 0 amide bonds. The van der Waals surface area contributed by atoms with Crippen LogP contribution in [0.2, 0.25) is 0 Å². The lowest BCUT2D eigenvalue weighted by molar-refractivity contribution is 0.0533. The summed E-state index contributed by atoms with van der Waals surface area (Å²) in [6.45, 7) is 3.88. The molecule has 1 unspecified atom stereocenters. The predicted molar refractivity (Wildman–Crippen MR) is 106 cm³/mol. The zero-order valence-corrected chi connectivity index (χ0v) is 17.7. The third kappa shape index (κ3) is 4.99. The molecule has 158 valence electrons. The number of methoxy groups -OCH3 is 1. The van der Waals surface area contributed by atoms with Crippen molar-refractivity contribution in [2.45, 2.75) is 58.2 Å². The first-order valence-electron chi connectivity index (χ1n) is 9.36. The van der Waals surface area contributed by atoms with E-state index in [9.17, 15) is 14.5 Å². The molecule has 3 N–H and O–H groups in total. The summed E-state index contributed by atoms with van der Waals surface area (Å²) in [5.41, 5.74) is 1.80. The molecule has 2 rings (SSSR count). The van der Waals surface area contributed by atoms with Gasteiger partial charge in [0.1, 0.15) is 29.3 Å². The second-order valence-electron chi connectivity index (χ2n) is 6.96. The summed E-state index contributed by atoms with van der Waals surface area (Å²) in [5.74, 6) is -0.177. The Morgan fingerprint density at radius 3 is 2.69 bits per heavy atom. The number of carbonyl (C=O) groups excluding carboxylic acids is 1. The van der Waals surface area contributed by atoms with E-state index in [2.05, 4.69) is 0 Å². The molecule has 1 aliphatic rings. The first-order valence-corrected chi connectivity index (χ1v) is 11.0. The molecule has 0 spiro atoms. The molecule has 0 bridgehead atoms. The summed E-state index contributed by atoms with van der Waals surface area (Å²) in [6.07, 6.45) is 4.10. The number of benzene rings is 1. The molecule has 0 saturated carbocycles. The molecule has 1 aromatic rings. The van der Waals surface area contributed by atoms with Gasteiger partial charge in [-0.15, -0.1) is 0 Å². The molecule has 29 heavy (non-hydrogen) atoms. The Labute approximate surface area is 169 Å². The fraction of sp³-hybridized carbons (Fsp3) is 0.500. The van der Waals surface area contributed by atoms with Crippen molar-refractivity contribution < 1.29 is 33.7 Å². The smallest absolute Gasteiger partial charge is 0.342 e. The molecular formula is C20H26NO7P. The normalized spacial score (nSPS) is 14.9. The third-order valence-corrected chi connectivity index (χ3v) is 6.41. The quantitative estimate of drug-likeness (QED) is 0.312. The average molecular weight is 423 g/mol. The number of allylic oxidation sites excluding steroid dienone is 2. The molecular weight excluding hydrogens is 397 g/mol. The number of rotatable bonds is 9. The monoisotopic (exact) mass is 423 g/mol. The molecule has 1 heterocycles. The van der Waals surface area contributed by atoms with Crippen molar-refractivity contribution in [2.75, 3.05) is 7.11 Å². The van der Waals surface area contributed by atoms with Crippen LogP contribution in [0.4, 0.5) is 0 Å². The maximum absolute atomic E-state index is 12.0. The van der Waals surface area contributed by atoms with E-state index in [1.807, 2.05) is 19.9 Å². The van der Waals surface area contributed by atoms with Gasteiger partial charge in [-0.05, 0) is 44.6 Å². The minimum absolute atomic E-state index is 0.108. The van der Waals surface area contributed by atoms with Gasteiger partial charge in [0.25, 0.3) is 0 Å². The van der Waals surface area contributed by atoms with Crippen LogP contribution in [0, 0.1) is 18.3 Å². The first kappa shape index (κ1) is 23.0. The predicted octanol–water partition coefficient (Wildman–Crippen LogP) is 3.50. The molecule has 8 nitrogen and oxygen atoms in total. The number of phenols is 1. The number of fused-ring (bicyclic) bond motifs is 1. The lowest BCUT2D eigenvalue weighted by atomic mass is 9.94. The summed E-state index contributed by atoms with van der Waals surface area (Å²) in [5, 5.41) is 19.6. The van der Waals surface area contributed by atoms with Crippen LogP contribution in [0.3, 0.4) is 0 Å². The highest BCUT2D eigenvalue weighted by Crippen LogP contribution is 2.44. The van der Waals surface area contributed by atoms with Crippen LogP contribution in [-0.4, -0.2) is 33.6 Å². The number of aromatic hydroxyl groups is 1. The summed E-state index contributed by atoms with van der Waals surface area (Å²) in [4.78, 5) is 30.3. The minimum atomic E-state index is -4.42. The van der Waals surface area contributed by atoms with Crippen molar-refractivity contribution in [1.29, 1.82) is 5.26 Å².